The highest BCUT2D eigenvalue weighted by Gasteiger charge is 2.19. The molecule has 0 atom stereocenters. The van der Waals surface area contributed by atoms with Crippen LogP contribution >= 0.6 is 0 Å². The summed E-state index contributed by atoms with van der Waals surface area (Å²) >= 11 is 0. The van der Waals surface area contributed by atoms with E-state index < -0.39 is 0 Å². The number of nitrogens with one attached hydrogen (secondary N) is 1. The van der Waals surface area contributed by atoms with Gasteiger partial charge in [-0.05, 0) is 31.5 Å². The van der Waals surface area contributed by atoms with Crippen molar-refractivity contribution in [1.82, 2.24) is 10.3 Å². The van der Waals surface area contributed by atoms with Crippen LogP contribution in [-0.4, -0.2) is 23.9 Å². The van der Waals surface area contributed by atoms with Crippen molar-refractivity contribution < 1.29 is 4.79 Å². The monoisotopic (exact) mass is 234 g/mol. The number of nitrogens with zero attached hydrogens (tertiary/aromatic N) is 1. The van der Waals surface area contributed by atoms with E-state index in [-0.39, 0.29) is 11.2 Å². The van der Waals surface area contributed by atoms with Crippen LogP contribution in [0.15, 0.2) is 24.5 Å². The summed E-state index contributed by atoms with van der Waals surface area (Å²) in [6, 6.07) is 4.07. The zero-order chi connectivity index (χ0) is 12.7. The van der Waals surface area contributed by atoms with Gasteiger partial charge in [0.25, 0.3) is 0 Å². The molecule has 0 aliphatic rings. The summed E-state index contributed by atoms with van der Waals surface area (Å²) in [5, 5.41) is 3.40. The normalized spacial score (nSPS) is 11.5. The van der Waals surface area contributed by atoms with Gasteiger partial charge in [-0.25, -0.2) is 0 Å². The fraction of sp³-hybridized carbons (Fsp3) is 0.571. The van der Waals surface area contributed by atoms with E-state index >= 15 is 0 Å². The van der Waals surface area contributed by atoms with E-state index in [4.69, 9.17) is 0 Å². The first-order valence-electron chi connectivity index (χ1n) is 6.13. The van der Waals surface area contributed by atoms with Crippen LogP contribution in [0.2, 0.25) is 0 Å². The topological polar surface area (TPSA) is 42.0 Å². The van der Waals surface area contributed by atoms with Gasteiger partial charge in [-0.3, -0.25) is 4.98 Å². The number of Topliss-reactive ketones (excluding diaryl/α,β-unsaturated/α-hetero) is 1. The van der Waals surface area contributed by atoms with Crippen LogP contribution in [0.3, 0.4) is 0 Å². The summed E-state index contributed by atoms with van der Waals surface area (Å²) in [6.07, 6.45) is 5.29. The van der Waals surface area contributed by atoms with Crippen LogP contribution in [0, 0.1) is 0 Å². The molecule has 0 spiro atoms. The van der Waals surface area contributed by atoms with Gasteiger partial charge in [0.1, 0.15) is 5.78 Å². The van der Waals surface area contributed by atoms with Crippen molar-refractivity contribution in [2.75, 3.05) is 13.1 Å². The van der Waals surface area contributed by atoms with Crippen molar-refractivity contribution in [1.29, 1.82) is 0 Å². The lowest BCUT2D eigenvalue weighted by atomic mass is 9.86. The number of pyridine rings is 1. The quantitative estimate of drug-likeness (QED) is 0.736. The number of hydrogen-bond acceptors (Lipinski definition) is 3. The summed E-state index contributed by atoms with van der Waals surface area (Å²) in [7, 11) is 0. The lowest BCUT2D eigenvalue weighted by Crippen LogP contribution is -2.33. The third kappa shape index (κ3) is 5.09. The molecule has 17 heavy (non-hydrogen) atoms. The van der Waals surface area contributed by atoms with Gasteiger partial charge in [0.05, 0.1) is 0 Å². The minimum Gasteiger partial charge on any atom is -0.316 e. The fourth-order valence-electron chi connectivity index (χ4n) is 1.73. The number of ketones is 1. The second-order valence-corrected chi connectivity index (χ2v) is 5.11. The maximum Gasteiger partial charge on any atom is 0.129 e. The molecule has 1 heterocycles. The molecule has 3 nitrogen and oxygen atoms in total. The van der Waals surface area contributed by atoms with Gasteiger partial charge in [0, 0.05) is 30.8 Å². The summed E-state index contributed by atoms with van der Waals surface area (Å²) < 4.78 is 0. The average Bonchev–Trinajstić information content (AvgIpc) is 2.29. The molecule has 0 unspecified atom stereocenters. The van der Waals surface area contributed by atoms with E-state index in [0.29, 0.717) is 6.42 Å². The summed E-state index contributed by atoms with van der Waals surface area (Å²) in [5.41, 5.74) is 1.31. The number of aromatic nitrogens is 1. The van der Waals surface area contributed by atoms with Crippen molar-refractivity contribution in [3.8, 4) is 0 Å². The lowest BCUT2D eigenvalue weighted by Gasteiger charge is -2.25. The molecule has 0 aliphatic heterocycles. The molecule has 0 fully saturated rings. The van der Waals surface area contributed by atoms with Crippen LogP contribution < -0.4 is 5.32 Å². The smallest absolute Gasteiger partial charge is 0.129 e. The third-order valence-corrected chi connectivity index (χ3v) is 2.89. The molecule has 0 aliphatic carbocycles. The summed E-state index contributed by atoms with van der Waals surface area (Å²) in [5.74, 6) is 0.262. The van der Waals surface area contributed by atoms with Crippen molar-refractivity contribution in [2.45, 2.75) is 39.0 Å². The van der Waals surface area contributed by atoms with Crippen molar-refractivity contribution >= 4 is 5.78 Å². The molecule has 94 valence electrons. The zero-order valence-electron chi connectivity index (χ0n) is 11.0. The van der Waals surface area contributed by atoms with Gasteiger partial charge in [-0.15, -0.1) is 0 Å². The Kier molecular flexibility index (Phi) is 5.29. The average molecular weight is 234 g/mol. The first-order chi connectivity index (χ1) is 8.02. The van der Waals surface area contributed by atoms with Crippen molar-refractivity contribution in [2.24, 2.45) is 0 Å². The van der Waals surface area contributed by atoms with Gasteiger partial charge < -0.3 is 10.1 Å². The van der Waals surface area contributed by atoms with Crippen LogP contribution in [0.1, 0.15) is 39.2 Å². The Bertz CT molecular complexity index is 346. The van der Waals surface area contributed by atoms with Crippen molar-refractivity contribution in [3.05, 3.63) is 30.1 Å². The third-order valence-electron chi connectivity index (χ3n) is 2.89. The van der Waals surface area contributed by atoms with Crippen LogP contribution in [0.5, 0.6) is 0 Å². The molecule has 1 rings (SSSR count). The Morgan fingerprint density at radius 3 is 2.82 bits per heavy atom. The minimum absolute atomic E-state index is 0.0739. The van der Waals surface area contributed by atoms with E-state index in [1.165, 1.54) is 5.56 Å². The molecule has 0 saturated heterocycles. The molecule has 0 aromatic carbocycles. The zero-order valence-corrected chi connectivity index (χ0v) is 11.0. The second-order valence-electron chi connectivity index (χ2n) is 5.11. The summed E-state index contributed by atoms with van der Waals surface area (Å²) in [4.78, 5) is 14.9. The Hall–Kier alpha value is -1.22. The molecular formula is C14H22N2O. The van der Waals surface area contributed by atoms with E-state index in [1.54, 1.807) is 13.1 Å². The Labute approximate surface area is 104 Å². The molecule has 1 N–H and O–H groups in total. The Balaban J connectivity index is 2.33. The summed E-state index contributed by atoms with van der Waals surface area (Å²) in [6.45, 7) is 7.82. The second kappa shape index (κ2) is 6.50. The largest absolute Gasteiger partial charge is 0.316 e. The highest BCUT2D eigenvalue weighted by Crippen LogP contribution is 2.20. The minimum atomic E-state index is 0.0739. The Morgan fingerprint density at radius 2 is 2.24 bits per heavy atom. The number of hydrogen-bond donors (Lipinski definition) is 1. The lowest BCUT2D eigenvalue weighted by molar-refractivity contribution is -0.117. The maximum absolute atomic E-state index is 10.8. The SMILES string of the molecule is CC(=O)CCCNCC(C)(C)c1cccnc1. The van der Waals surface area contributed by atoms with E-state index in [2.05, 4.69) is 30.2 Å². The van der Waals surface area contributed by atoms with Gasteiger partial charge in [-0.2, -0.15) is 0 Å². The van der Waals surface area contributed by atoms with Crippen LogP contribution in [0.4, 0.5) is 0 Å². The number of carbonyl (C=O) groups is 1. The number of carbonyl (C=O) groups excluding carboxylic acids is 1. The highest BCUT2D eigenvalue weighted by molar-refractivity contribution is 5.75. The van der Waals surface area contributed by atoms with Crippen molar-refractivity contribution in [3.63, 3.8) is 0 Å². The molecular weight excluding hydrogens is 212 g/mol. The maximum atomic E-state index is 10.8. The van der Waals surface area contributed by atoms with E-state index in [9.17, 15) is 4.79 Å². The predicted octanol–water partition coefficient (Wildman–Crippen LogP) is 2.32. The first kappa shape index (κ1) is 13.8. The first-order valence-corrected chi connectivity index (χ1v) is 6.13. The molecule has 1 aromatic rings. The van der Waals surface area contributed by atoms with E-state index in [1.807, 2.05) is 12.3 Å². The van der Waals surface area contributed by atoms with Gasteiger partial charge in [0.2, 0.25) is 0 Å². The van der Waals surface area contributed by atoms with E-state index in [0.717, 1.165) is 19.5 Å². The Morgan fingerprint density at radius 1 is 1.47 bits per heavy atom. The van der Waals surface area contributed by atoms with Crippen LogP contribution in [0.25, 0.3) is 0 Å². The molecule has 0 bridgehead atoms. The fourth-order valence-corrected chi connectivity index (χ4v) is 1.73. The molecule has 0 radical (unpaired) electrons. The number of rotatable bonds is 7. The van der Waals surface area contributed by atoms with Gasteiger partial charge in [-0.1, -0.05) is 19.9 Å². The predicted molar refractivity (Wildman–Crippen MR) is 70.0 cm³/mol. The molecule has 0 saturated carbocycles. The standard InChI is InChI=1S/C14H22N2O/c1-12(17)6-4-9-16-11-14(2,3)13-7-5-8-15-10-13/h5,7-8,10,16H,4,6,9,11H2,1-3H3. The molecule has 3 heteroatoms. The molecule has 1 aromatic heterocycles. The van der Waals surface area contributed by atoms with Gasteiger partial charge in [0.15, 0.2) is 0 Å². The van der Waals surface area contributed by atoms with Crippen LogP contribution in [-0.2, 0) is 10.2 Å². The highest BCUT2D eigenvalue weighted by atomic mass is 16.1. The van der Waals surface area contributed by atoms with Gasteiger partial charge >= 0.3 is 0 Å². The molecule has 0 amide bonds.